The second-order valence-corrected chi connectivity index (χ2v) is 11.1. The van der Waals surface area contributed by atoms with Gasteiger partial charge in [0.25, 0.3) is 0 Å². The number of carbonyl (C=O) groups is 2. The van der Waals surface area contributed by atoms with Crippen LogP contribution in [0.3, 0.4) is 0 Å². The van der Waals surface area contributed by atoms with Crippen molar-refractivity contribution in [1.29, 1.82) is 0 Å². The number of methoxy groups -OCH3 is 1. The third-order valence-corrected chi connectivity index (χ3v) is 8.43. The first kappa shape index (κ1) is 23.9. The van der Waals surface area contributed by atoms with Crippen molar-refractivity contribution in [3.05, 3.63) is 32.3 Å². The van der Waals surface area contributed by atoms with E-state index in [1.807, 2.05) is 13.8 Å². The van der Waals surface area contributed by atoms with E-state index in [9.17, 15) is 9.59 Å². The summed E-state index contributed by atoms with van der Waals surface area (Å²) < 4.78 is 12.8. The van der Waals surface area contributed by atoms with E-state index < -0.39 is 5.97 Å². The van der Waals surface area contributed by atoms with Gasteiger partial charge in [-0.3, -0.25) is 9.36 Å². The Kier molecular flexibility index (Phi) is 7.52. The lowest BCUT2D eigenvalue weighted by Gasteiger charge is -2.14. The summed E-state index contributed by atoms with van der Waals surface area (Å²) in [6.45, 7) is 7.25. The summed E-state index contributed by atoms with van der Waals surface area (Å²) in [5.41, 5.74) is 2.25. The maximum Gasteiger partial charge on any atom is 0.341 e. The number of anilines is 1. The zero-order valence-electron chi connectivity index (χ0n) is 19.0. The number of carbonyl (C=O) groups excluding carboxylic acids is 2. The molecule has 11 heteroatoms. The summed E-state index contributed by atoms with van der Waals surface area (Å²) in [4.78, 5) is 27.1. The van der Waals surface area contributed by atoms with Gasteiger partial charge in [-0.15, -0.1) is 32.9 Å². The predicted octanol–water partition coefficient (Wildman–Crippen LogP) is 4.69. The van der Waals surface area contributed by atoms with Crippen molar-refractivity contribution in [2.45, 2.75) is 51.4 Å². The second-order valence-electron chi connectivity index (χ2n) is 7.81. The van der Waals surface area contributed by atoms with Gasteiger partial charge in [0.15, 0.2) is 11.0 Å². The van der Waals surface area contributed by atoms with Gasteiger partial charge in [-0.2, -0.15) is 0 Å². The molecular formula is C22H26N4O4S3. The Morgan fingerprint density at radius 1 is 1.33 bits per heavy atom. The van der Waals surface area contributed by atoms with Crippen molar-refractivity contribution in [3.8, 4) is 11.4 Å². The molecular weight excluding hydrogens is 480 g/mol. The summed E-state index contributed by atoms with van der Waals surface area (Å²) in [6, 6.07) is 2.09. The van der Waals surface area contributed by atoms with Crippen LogP contribution < -0.4 is 5.32 Å². The molecule has 0 aliphatic carbocycles. The number of amides is 1. The first-order chi connectivity index (χ1) is 15.9. The van der Waals surface area contributed by atoms with Crippen LogP contribution in [0.2, 0.25) is 0 Å². The monoisotopic (exact) mass is 506 g/mol. The minimum atomic E-state index is -0.452. The van der Waals surface area contributed by atoms with Gasteiger partial charge in [0.1, 0.15) is 5.00 Å². The molecule has 1 fully saturated rings. The number of thiophene rings is 2. The van der Waals surface area contributed by atoms with Crippen LogP contribution in [-0.4, -0.2) is 52.2 Å². The number of ether oxygens (including phenoxy) is 2. The van der Waals surface area contributed by atoms with Gasteiger partial charge in [0, 0.05) is 27.3 Å². The smallest absolute Gasteiger partial charge is 0.341 e. The highest BCUT2D eigenvalue weighted by atomic mass is 32.2. The molecule has 33 heavy (non-hydrogen) atoms. The van der Waals surface area contributed by atoms with E-state index in [-0.39, 0.29) is 17.8 Å². The maximum absolute atomic E-state index is 12.7. The lowest BCUT2D eigenvalue weighted by Crippen LogP contribution is -2.18. The second kappa shape index (κ2) is 10.4. The lowest BCUT2D eigenvalue weighted by molar-refractivity contribution is -0.113. The van der Waals surface area contributed by atoms with Crippen LogP contribution in [0.15, 0.2) is 16.6 Å². The molecule has 0 spiro atoms. The molecule has 3 aromatic heterocycles. The van der Waals surface area contributed by atoms with E-state index in [1.165, 1.54) is 35.1 Å². The molecule has 1 amide bonds. The molecule has 8 nitrogen and oxygen atoms in total. The van der Waals surface area contributed by atoms with Crippen LogP contribution in [-0.2, 0) is 20.8 Å². The number of esters is 1. The Morgan fingerprint density at radius 2 is 2.15 bits per heavy atom. The molecule has 1 saturated heterocycles. The molecule has 0 bridgehead atoms. The number of nitrogens with zero attached hydrogens (tertiary/aromatic N) is 3. The fourth-order valence-corrected chi connectivity index (χ4v) is 6.18. The largest absolute Gasteiger partial charge is 0.465 e. The number of nitrogens with one attached hydrogen (secondary N) is 1. The zero-order chi connectivity index (χ0) is 23.5. The summed E-state index contributed by atoms with van der Waals surface area (Å²) in [6.07, 6.45) is 2.16. The third kappa shape index (κ3) is 5.32. The van der Waals surface area contributed by atoms with Crippen molar-refractivity contribution < 1.29 is 19.1 Å². The molecule has 0 radical (unpaired) electrons. The summed E-state index contributed by atoms with van der Waals surface area (Å²) in [5.74, 6) is 0.260. The number of thioether (sulfide) groups is 1. The first-order valence-corrected chi connectivity index (χ1v) is 13.3. The molecule has 1 aliphatic rings. The van der Waals surface area contributed by atoms with E-state index in [1.54, 1.807) is 11.3 Å². The fourth-order valence-electron chi connectivity index (χ4n) is 3.68. The topological polar surface area (TPSA) is 95.3 Å². The highest BCUT2D eigenvalue weighted by Gasteiger charge is 2.24. The molecule has 4 heterocycles. The molecule has 4 rings (SSSR count). The van der Waals surface area contributed by atoms with E-state index in [0.29, 0.717) is 22.3 Å². The molecule has 3 aromatic rings. The zero-order valence-corrected chi connectivity index (χ0v) is 21.4. The van der Waals surface area contributed by atoms with Gasteiger partial charge in [0.2, 0.25) is 5.91 Å². The fraction of sp³-hybridized carbons (Fsp3) is 0.455. The minimum absolute atomic E-state index is 0.118. The quantitative estimate of drug-likeness (QED) is 0.350. The van der Waals surface area contributed by atoms with Crippen LogP contribution in [0.1, 0.15) is 38.5 Å². The van der Waals surface area contributed by atoms with Crippen LogP contribution in [0, 0.1) is 20.8 Å². The summed E-state index contributed by atoms with van der Waals surface area (Å²) >= 11 is 4.37. The van der Waals surface area contributed by atoms with Gasteiger partial charge < -0.3 is 14.8 Å². The van der Waals surface area contributed by atoms with Crippen molar-refractivity contribution in [1.82, 2.24) is 14.8 Å². The van der Waals surface area contributed by atoms with E-state index >= 15 is 0 Å². The molecule has 0 aromatic carbocycles. The summed E-state index contributed by atoms with van der Waals surface area (Å²) in [5, 5.41) is 14.9. The Labute approximate surface area is 204 Å². The van der Waals surface area contributed by atoms with Gasteiger partial charge in [-0.1, -0.05) is 11.8 Å². The molecule has 1 atom stereocenters. The molecule has 1 N–H and O–H groups in total. The third-order valence-electron chi connectivity index (χ3n) is 5.48. The van der Waals surface area contributed by atoms with Crippen LogP contribution in [0.4, 0.5) is 5.00 Å². The van der Waals surface area contributed by atoms with Crippen molar-refractivity contribution in [2.24, 2.45) is 0 Å². The predicted molar refractivity (Wildman–Crippen MR) is 132 cm³/mol. The SMILES string of the molecule is COC(=O)c1c(NC(=O)CSc2nnc(-c3csc(C)c3)n2CC2CCCO2)sc(C)c1C. The molecule has 0 saturated carbocycles. The summed E-state index contributed by atoms with van der Waals surface area (Å²) in [7, 11) is 1.34. The van der Waals surface area contributed by atoms with Gasteiger partial charge in [0.05, 0.1) is 31.1 Å². The van der Waals surface area contributed by atoms with Crippen molar-refractivity contribution >= 4 is 51.3 Å². The molecule has 1 unspecified atom stereocenters. The van der Waals surface area contributed by atoms with Gasteiger partial charge in [-0.05, 0) is 45.2 Å². The Bertz CT molecular complexity index is 1160. The Morgan fingerprint density at radius 3 is 2.82 bits per heavy atom. The molecule has 176 valence electrons. The maximum atomic E-state index is 12.7. The van der Waals surface area contributed by atoms with E-state index in [4.69, 9.17) is 9.47 Å². The number of aryl methyl sites for hydroxylation is 2. The normalized spacial score (nSPS) is 15.7. The number of hydrogen-bond donors (Lipinski definition) is 1. The standard InChI is InChI=1S/C22H26N4O4S3/c1-12-8-15(10-31-12)19-24-25-22(26(19)9-16-6-5-7-30-16)32-11-17(27)23-20-18(21(28)29-4)13(2)14(3)33-20/h8,10,16H,5-7,9,11H2,1-4H3,(H,23,27). The average Bonchev–Trinajstić information content (AvgIpc) is 3.57. The van der Waals surface area contributed by atoms with Crippen LogP contribution >= 0.6 is 34.4 Å². The van der Waals surface area contributed by atoms with Crippen molar-refractivity contribution in [3.63, 3.8) is 0 Å². The van der Waals surface area contributed by atoms with Crippen molar-refractivity contribution in [2.75, 3.05) is 24.8 Å². The van der Waals surface area contributed by atoms with E-state index in [0.717, 1.165) is 41.3 Å². The molecule has 1 aliphatic heterocycles. The number of rotatable bonds is 8. The van der Waals surface area contributed by atoms with Gasteiger partial charge >= 0.3 is 5.97 Å². The Balaban J connectivity index is 1.50. The van der Waals surface area contributed by atoms with Crippen LogP contribution in [0.5, 0.6) is 0 Å². The highest BCUT2D eigenvalue weighted by Crippen LogP contribution is 2.34. The average molecular weight is 507 g/mol. The minimum Gasteiger partial charge on any atom is -0.465 e. The van der Waals surface area contributed by atoms with E-state index in [2.05, 4.69) is 38.5 Å². The Hall–Kier alpha value is -2.21. The highest BCUT2D eigenvalue weighted by molar-refractivity contribution is 7.99. The number of aromatic nitrogens is 3. The van der Waals surface area contributed by atoms with Crippen LogP contribution in [0.25, 0.3) is 11.4 Å². The van der Waals surface area contributed by atoms with Gasteiger partial charge in [-0.25, -0.2) is 4.79 Å². The first-order valence-electron chi connectivity index (χ1n) is 10.6. The number of hydrogen-bond acceptors (Lipinski definition) is 9. The lowest BCUT2D eigenvalue weighted by atomic mass is 10.1.